The van der Waals surface area contributed by atoms with Crippen LogP contribution < -0.4 is 0 Å². The van der Waals surface area contributed by atoms with Crippen LogP contribution in [0.5, 0.6) is 0 Å². The lowest BCUT2D eigenvalue weighted by atomic mass is 9.83. The van der Waals surface area contributed by atoms with Gasteiger partial charge in [0, 0.05) is 24.5 Å². The van der Waals surface area contributed by atoms with Crippen LogP contribution in [-0.2, 0) is 10.8 Å². The second-order valence-corrected chi connectivity index (χ2v) is 14.8. The van der Waals surface area contributed by atoms with Crippen molar-refractivity contribution in [2.45, 2.75) is 102 Å². The zero-order valence-corrected chi connectivity index (χ0v) is 28.2. The van der Waals surface area contributed by atoms with Crippen LogP contribution in [0.1, 0.15) is 113 Å². The predicted octanol–water partition coefficient (Wildman–Crippen LogP) is 9.13. The zero-order valence-electron chi connectivity index (χ0n) is 28.2. The molecule has 0 bridgehead atoms. The maximum absolute atomic E-state index is 4.91. The fraction of sp³-hybridized carbons (Fsp3) is 0.450. The summed E-state index contributed by atoms with van der Waals surface area (Å²) < 4.78 is 0. The standard InChI is InChI=1S/C40H52N4/c1-39(2,3)31-23-19-29(20-24-31)37(33-15-11-13-27-41-33)43(7)35-17-9-10-18-36(35)44(8)38(34-16-12-14-28-42-34)30-21-25-32(26-22-30)40(4,5)6/h11-16,19-28,35-38H,9-10,17-18H2,1-8H3/t35?,36?,37-,38-/m1/s1. The van der Waals surface area contributed by atoms with Crippen LogP contribution in [0.25, 0.3) is 0 Å². The second kappa shape index (κ2) is 13.3. The van der Waals surface area contributed by atoms with Gasteiger partial charge in [-0.25, -0.2) is 0 Å². The molecule has 1 aliphatic rings. The molecule has 1 fully saturated rings. The average molecular weight is 589 g/mol. The van der Waals surface area contributed by atoms with E-state index in [9.17, 15) is 0 Å². The van der Waals surface area contributed by atoms with E-state index in [2.05, 4.69) is 138 Å². The molecule has 0 saturated heterocycles. The van der Waals surface area contributed by atoms with Crippen LogP contribution in [0, 0.1) is 0 Å². The summed E-state index contributed by atoms with van der Waals surface area (Å²) in [5.74, 6) is 0. The normalized spacial score (nSPS) is 19.2. The summed E-state index contributed by atoms with van der Waals surface area (Å²) in [6, 6.07) is 32.1. The summed E-state index contributed by atoms with van der Waals surface area (Å²) in [7, 11) is 4.64. The van der Waals surface area contributed by atoms with Gasteiger partial charge in [-0.05, 0) is 84.3 Å². The van der Waals surface area contributed by atoms with E-state index in [0.29, 0.717) is 12.1 Å². The second-order valence-electron chi connectivity index (χ2n) is 14.8. The minimum Gasteiger partial charge on any atom is -0.290 e. The molecule has 44 heavy (non-hydrogen) atoms. The van der Waals surface area contributed by atoms with E-state index in [1.54, 1.807) is 0 Å². The van der Waals surface area contributed by atoms with E-state index < -0.39 is 0 Å². The molecule has 4 aromatic rings. The van der Waals surface area contributed by atoms with Crippen LogP contribution in [0.15, 0.2) is 97.3 Å². The summed E-state index contributed by atoms with van der Waals surface area (Å²) in [5, 5.41) is 0. The molecule has 0 spiro atoms. The fourth-order valence-electron chi connectivity index (χ4n) is 7.06. The van der Waals surface area contributed by atoms with Gasteiger partial charge in [0.25, 0.3) is 0 Å². The molecule has 1 aliphatic carbocycles. The van der Waals surface area contributed by atoms with Crippen LogP contribution in [0.2, 0.25) is 0 Å². The van der Waals surface area contributed by atoms with Gasteiger partial charge in [-0.1, -0.05) is 115 Å². The quantitative estimate of drug-likeness (QED) is 0.205. The first kappa shape index (κ1) is 32.1. The number of likely N-dealkylation sites (N-methyl/N-ethyl adjacent to an activating group) is 2. The molecule has 0 N–H and O–H groups in total. The number of hydrogen-bond donors (Lipinski definition) is 0. The van der Waals surface area contributed by atoms with Gasteiger partial charge in [-0.15, -0.1) is 0 Å². The minimum absolute atomic E-state index is 0.0728. The summed E-state index contributed by atoms with van der Waals surface area (Å²) in [6.07, 6.45) is 8.67. The first-order chi connectivity index (χ1) is 20.9. The van der Waals surface area contributed by atoms with Crippen molar-refractivity contribution in [3.63, 3.8) is 0 Å². The fourth-order valence-corrected chi connectivity index (χ4v) is 7.06. The van der Waals surface area contributed by atoms with Gasteiger partial charge >= 0.3 is 0 Å². The van der Waals surface area contributed by atoms with Crippen molar-refractivity contribution < 1.29 is 0 Å². The van der Waals surface area contributed by atoms with Gasteiger partial charge in [-0.2, -0.15) is 0 Å². The molecule has 5 rings (SSSR count). The van der Waals surface area contributed by atoms with E-state index in [1.807, 2.05) is 24.5 Å². The molecule has 4 atom stereocenters. The molecule has 4 heteroatoms. The molecular formula is C40H52N4. The maximum Gasteiger partial charge on any atom is 0.0776 e. The molecule has 2 heterocycles. The van der Waals surface area contributed by atoms with Crippen molar-refractivity contribution in [3.8, 4) is 0 Å². The number of aromatic nitrogens is 2. The third kappa shape index (κ3) is 7.14. The molecule has 4 nitrogen and oxygen atoms in total. The Morgan fingerprint density at radius 2 is 0.909 bits per heavy atom. The average Bonchev–Trinajstić information content (AvgIpc) is 3.02. The Balaban J connectivity index is 1.52. The van der Waals surface area contributed by atoms with E-state index in [-0.39, 0.29) is 22.9 Å². The molecule has 0 radical (unpaired) electrons. The highest BCUT2D eigenvalue weighted by Gasteiger charge is 2.38. The first-order valence-corrected chi connectivity index (χ1v) is 16.4. The Hall–Kier alpha value is -3.34. The molecule has 2 aromatic carbocycles. The summed E-state index contributed by atoms with van der Waals surface area (Å²) >= 11 is 0. The third-order valence-electron chi connectivity index (χ3n) is 9.68. The SMILES string of the molecule is CN(C1CCCCC1N(C)[C@H](c1ccc(C(C)(C)C)cc1)c1ccccn1)[C@H](c1ccc(C(C)(C)C)cc1)c1ccccn1. The van der Waals surface area contributed by atoms with Crippen LogP contribution in [-0.4, -0.2) is 45.9 Å². The number of pyridine rings is 2. The van der Waals surface area contributed by atoms with Gasteiger partial charge in [0.1, 0.15) is 0 Å². The molecular weight excluding hydrogens is 536 g/mol. The van der Waals surface area contributed by atoms with Crippen molar-refractivity contribution in [2.24, 2.45) is 0 Å². The van der Waals surface area contributed by atoms with Crippen LogP contribution >= 0.6 is 0 Å². The minimum atomic E-state index is 0.0728. The Bertz CT molecular complexity index is 1340. The molecule has 0 aliphatic heterocycles. The Morgan fingerprint density at radius 3 is 1.20 bits per heavy atom. The number of nitrogens with zero attached hydrogens (tertiary/aromatic N) is 4. The van der Waals surface area contributed by atoms with Crippen molar-refractivity contribution in [3.05, 3.63) is 131 Å². The number of hydrogen-bond acceptors (Lipinski definition) is 4. The lowest BCUT2D eigenvalue weighted by molar-refractivity contribution is 0.0449. The topological polar surface area (TPSA) is 32.3 Å². The molecule has 2 aromatic heterocycles. The smallest absolute Gasteiger partial charge is 0.0776 e. The summed E-state index contributed by atoms with van der Waals surface area (Å²) in [5.41, 5.74) is 7.75. The largest absolute Gasteiger partial charge is 0.290 e. The van der Waals surface area contributed by atoms with Crippen molar-refractivity contribution in [2.75, 3.05) is 14.1 Å². The van der Waals surface area contributed by atoms with E-state index in [1.165, 1.54) is 35.1 Å². The summed E-state index contributed by atoms with van der Waals surface area (Å²) in [4.78, 5) is 15.0. The highest BCUT2D eigenvalue weighted by molar-refractivity contribution is 5.35. The lowest BCUT2D eigenvalue weighted by Crippen LogP contribution is -2.53. The van der Waals surface area contributed by atoms with Crippen molar-refractivity contribution in [1.29, 1.82) is 0 Å². The van der Waals surface area contributed by atoms with Crippen LogP contribution in [0.3, 0.4) is 0 Å². The van der Waals surface area contributed by atoms with Crippen molar-refractivity contribution in [1.82, 2.24) is 19.8 Å². The molecule has 232 valence electrons. The first-order valence-electron chi connectivity index (χ1n) is 16.4. The molecule has 0 amide bonds. The third-order valence-corrected chi connectivity index (χ3v) is 9.68. The molecule has 1 saturated carbocycles. The highest BCUT2D eigenvalue weighted by atomic mass is 15.3. The van der Waals surface area contributed by atoms with Crippen molar-refractivity contribution >= 4 is 0 Å². The monoisotopic (exact) mass is 588 g/mol. The van der Waals surface area contributed by atoms with Gasteiger partial charge in [-0.3, -0.25) is 19.8 Å². The summed E-state index contributed by atoms with van der Waals surface area (Å²) in [6.45, 7) is 13.7. The number of rotatable bonds is 8. The van der Waals surface area contributed by atoms with Crippen LogP contribution in [0.4, 0.5) is 0 Å². The number of benzene rings is 2. The van der Waals surface area contributed by atoms with E-state index >= 15 is 0 Å². The van der Waals surface area contributed by atoms with Gasteiger partial charge < -0.3 is 0 Å². The Morgan fingerprint density at radius 1 is 0.545 bits per heavy atom. The Labute approximate surface area is 266 Å². The molecule has 2 unspecified atom stereocenters. The maximum atomic E-state index is 4.91. The van der Waals surface area contributed by atoms with E-state index in [0.717, 1.165) is 24.2 Å². The highest BCUT2D eigenvalue weighted by Crippen LogP contribution is 2.39. The van der Waals surface area contributed by atoms with E-state index in [4.69, 9.17) is 9.97 Å². The van der Waals surface area contributed by atoms with Gasteiger partial charge in [0.15, 0.2) is 0 Å². The van der Waals surface area contributed by atoms with Gasteiger partial charge in [0.05, 0.1) is 23.5 Å². The Kier molecular flexibility index (Phi) is 9.72. The zero-order chi connectivity index (χ0) is 31.5. The predicted molar refractivity (Wildman–Crippen MR) is 184 cm³/mol. The lowest BCUT2D eigenvalue weighted by Gasteiger charge is -2.47. The van der Waals surface area contributed by atoms with Gasteiger partial charge in [0.2, 0.25) is 0 Å².